The van der Waals surface area contributed by atoms with Crippen LogP contribution in [0.5, 0.6) is 0 Å². The van der Waals surface area contributed by atoms with E-state index in [1.807, 2.05) is 0 Å². The van der Waals surface area contributed by atoms with Gasteiger partial charge in [0.05, 0.1) is 39.6 Å². The second-order valence-electron chi connectivity index (χ2n) is 8.55. The molecular formula is C20H43N3O3. The van der Waals surface area contributed by atoms with Crippen LogP contribution in [-0.4, -0.2) is 101 Å². The highest BCUT2D eigenvalue weighted by molar-refractivity contribution is 4.73. The lowest BCUT2D eigenvalue weighted by Gasteiger charge is -2.36. The topological polar surface area (TPSA) is 46.2 Å². The van der Waals surface area contributed by atoms with Gasteiger partial charge in [0, 0.05) is 51.9 Å². The summed E-state index contributed by atoms with van der Waals surface area (Å²) < 4.78 is 16.7. The molecule has 0 aromatic heterocycles. The molecule has 156 valence electrons. The molecule has 26 heavy (non-hydrogen) atoms. The second-order valence-corrected chi connectivity index (χ2v) is 8.55. The van der Waals surface area contributed by atoms with Crippen molar-refractivity contribution in [3.63, 3.8) is 0 Å². The number of hydrogen-bond donors (Lipinski definition) is 1. The van der Waals surface area contributed by atoms with Crippen LogP contribution in [0.2, 0.25) is 0 Å². The van der Waals surface area contributed by atoms with Gasteiger partial charge in [-0.1, -0.05) is 20.8 Å². The zero-order valence-corrected chi connectivity index (χ0v) is 17.9. The minimum absolute atomic E-state index is 0.325. The summed E-state index contributed by atoms with van der Waals surface area (Å²) in [6, 6.07) is 0.661. The minimum Gasteiger partial charge on any atom is -0.378 e. The number of nitrogens with one attached hydrogen (secondary N) is 1. The number of hydrogen-bond acceptors (Lipinski definition) is 6. The molecule has 1 aliphatic rings. The van der Waals surface area contributed by atoms with Crippen LogP contribution in [0.25, 0.3) is 0 Å². The zero-order chi connectivity index (χ0) is 19.3. The fraction of sp³-hybridized carbons (Fsp3) is 1.00. The number of nitrogens with zero attached hydrogens (tertiary/aromatic N) is 2. The van der Waals surface area contributed by atoms with E-state index in [9.17, 15) is 0 Å². The molecule has 6 nitrogen and oxygen atoms in total. The first-order valence-corrected chi connectivity index (χ1v) is 10.3. The molecule has 1 saturated heterocycles. The summed E-state index contributed by atoms with van der Waals surface area (Å²) in [5, 5.41) is 3.39. The van der Waals surface area contributed by atoms with Gasteiger partial charge in [0.25, 0.3) is 0 Å². The van der Waals surface area contributed by atoms with Gasteiger partial charge in [-0.3, -0.25) is 9.80 Å². The fourth-order valence-electron chi connectivity index (χ4n) is 2.85. The van der Waals surface area contributed by atoms with Gasteiger partial charge in [-0.15, -0.1) is 0 Å². The second kappa shape index (κ2) is 13.9. The predicted molar refractivity (Wildman–Crippen MR) is 108 cm³/mol. The van der Waals surface area contributed by atoms with Gasteiger partial charge in [-0.05, 0) is 19.3 Å². The van der Waals surface area contributed by atoms with Crippen LogP contribution >= 0.6 is 0 Å². The molecule has 1 heterocycles. The monoisotopic (exact) mass is 373 g/mol. The predicted octanol–water partition coefficient (Wildman–Crippen LogP) is 1.70. The molecule has 0 spiro atoms. The molecule has 1 fully saturated rings. The lowest BCUT2D eigenvalue weighted by molar-refractivity contribution is 0.00748. The largest absolute Gasteiger partial charge is 0.378 e. The van der Waals surface area contributed by atoms with E-state index in [-0.39, 0.29) is 0 Å². The fourth-order valence-corrected chi connectivity index (χ4v) is 2.85. The van der Waals surface area contributed by atoms with Crippen LogP contribution in [0.1, 0.15) is 34.6 Å². The molecule has 6 heteroatoms. The van der Waals surface area contributed by atoms with Gasteiger partial charge in [0.1, 0.15) is 0 Å². The Labute approximate surface area is 161 Å². The van der Waals surface area contributed by atoms with Crippen molar-refractivity contribution in [2.75, 3.05) is 85.5 Å². The summed E-state index contributed by atoms with van der Waals surface area (Å²) in [6.07, 6.45) is 0. The van der Waals surface area contributed by atoms with Gasteiger partial charge >= 0.3 is 0 Å². The molecule has 1 aliphatic heterocycles. The highest BCUT2D eigenvalue weighted by Gasteiger charge is 2.18. The maximum Gasteiger partial charge on any atom is 0.0701 e. The van der Waals surface area contributed by atoms with Crippen molar-refractivity contribution >= 4 is 0 Å². The van der Waals surface area contributed by atoms with Crippen LogP contribution < -0.4 is 5.32 Å². The molecule has 0 aromatic carbocycles. The Morgan fingerprint density at radius 2 is 1.35 bits per heavy atom. The normalized spacial score (nSPS) is 17.3. The molecule has 0 bridgehead atoms. The van der Waals surface area contributed by atoms with Gasteiger partial charge in [0.2, 0.25) is 0 Å². The van der Waals surface area contributed by atoms with E-state index >= 15 is 0 Å². The molecule has 0 aliphatic carbocycles. The van der Waals surface area contributed by atoms with Gasteiger partial charge < -0.3 is 19.5 Å². The van der Waals surface area contributed by atoms with E-state index in [1.165, 1.54) is 13.1 Å². The van der Waals surface area contributed by atoms with Crippen LogP contribution in [0.15, 0.2) is 0 Å². The highest BCUT2D eigenvalue weighted by Crippen LogP contribution is 2.09. The zero-order valence-electron chi connectivity index (χ0n) is 17.9. The first-order chi connectivity index (χ1) is 12.4. The van der Waals surface area contributed by atoms with E-state index < -0.39 is 0 Å². The Hall–Kier alpha value is -0.240. The van der Waals surface area contributed by atoms with Crippen molar-refractivity contribution in [1.82, 2.24) is 15.1 Å². The maximum absolute atomic E-state index is 5.67. The molecule has 0 aromatic rings. The first kappa shape index (κ1) is 23.8. The quantitative estimate of drug-likeness (QED) is 0.468. The van der Waals surface area contributed by atoms with Crippen molar-refractivity contribution < 1.29 is 14.2 Å². The Morgan fingerprint density at radius 3 is 1.88 bits per heavy atom. The third-order valence-electron chi connectivity index (χ3n) is 4.51. The van der Waals surface area contributed by atoms with Crippen molar-refractivity contribution in [1.29, 1.82) is 0 Å². The van der Waals surface area contributed by atoms with Crippen molar-refractivity contribution in [3.8, 4) is 0 Å². The van der Waals surface area contributed by atoms with Crippen molar-refractivity contribution in [3.05, 3.63) is 0 Å². The number of ether oxygens (including phenoxy) is 3. The van der Waals surface area contributed by atoms with E-state index in [4.69, 9.17) is 14.2 Å². The Bertz CT molecular complexity index is 327. The average molecular weight is 374 g/mol. The SMILES string of the molecule is CC(C)N1CCN(CCOCCOCCOCCNCC(C)(C)C)CC1. The molecular weight excluding hydrogens is 330 g/mol. The minimum atomic E-state index is 0.325. The maximum atomic E-state index is 5.67. The van der Waals surface area contributed by atoms with Gasteiger partial charge in [0.15, 0.2) is 0 Å². The van der Waals surface area contributed by atoms with E-state index in [2.05, 4.69) is 49.7 Å². The molecule has 0 radical (unpaired) electrons. The summed E-state index contributed by atoms with van der Waals surface area (Å²) in [6.45, 7) is 22.9. The highest BCUT2D eigenvalue weighted by atomic mass is 16.5. The number of piperazine rings is 1. The van der Waals surface area contributed by atoms with Crippen LogP contribution in [0.3, 0.4) is 0 Å². The summed E-state index contributed by atoms with van der Waals surface area (Å²) in [5.74, 6) is 0. The molecule has 1 rings (SSSR count). The Morgan fingerprint density at radius 1 is 0.808 bits per heavy atom. The number of rotatable bonds is 14. The molecule has 0 atom stereocenters. The Balaban J connectivity index is 1.78. The summed E-state index contributed by atoms with van der Waals surface area (Å²) >= 11 is 0. The van der Waals surface area contributed by atoms with Crippen LogP contribution in [-0.2, 0) is 14.2 Å². The molecule has 0 saturated carbocycles. The molecule has 0 unspecified atom stereocenters. The van der Waals surface area contributed by atoms with E-state index in [0.717, 1.165) is 45.9 Å². The van der Waals surface area contributed by atoms with E-state index in [0.29, 0.717) is 37.9 Å². The van der Waals surface area contributed by atoms with Crippen molar-refractivity contribution in [2.45, 2.75) is 40.7 Å². The molecule has 0 amide bonds. The third-order valence-corrected chi connectivity index (χ3v) is 4.51. The van der Waals surface area contributed by atoms with E-state index in [1.54, 1.807) is 0 Å². The lowest BCUT2D eigenvalue weighted by Crippen LogP contribution is -2.49. The third kappa shape index (κ3) is 13.0. The average Bonchev–Trinajstić information content (AvgIpc) is 2.58. The smallest absolute Gasteiger partial charge is 0.0701 e. The molecule has 1 N–H and O–H groups in total. The Kier molecular flexibility index (Phi) is 12.7. The first-order valence-electron chi connectivity index (χ1n) is 10.3. The van der Waals surface area contributed by atoms with Crippen LogP contribution in [0.4, 0.5) is 0 Å². The standard InChI is InChI=1S/C20H43N3O3/c1-19(2)23-9-7-22(8-10-23)11-13-25-15-17-26-16-14-24-12-6-21-18-20(3,4)5/h19,21H,6-18H2,1-5H3. The lowest BCUT2D eigenvalue weighted by atomic mass is 9.97. The van der Waals surface area contributed by atoms with Gasteiger partial charge in [-0.2, -0.15) is 0 Å². The summed E-state index contributed by atoms with van der Waals surface area (Å²) in [7, 11) is 0. The van der Waals surface area contributed by atoms with Crippen LogP contribution in [0, 0.1) is 5.41 Å². The van der Waals surface area contributed by atoms with Gasteiger partial charge in [-0.25, -0.2) is 0 Å². The summed E-state index contributed by atoms with van der Waals surface area (Å²) in [5.41, 5.74) is 0.325. The summed E-state index contributed by atoms with van der Waals surface area (Å²) in [4.78, 5) is 5.02. The van der Waals surface area contributed by atoms with Crippen molar-refractivity contribution in [2.24, 2.45) is 5.41 Å².